The normalized spacial score (nSPS) is 19.2. The molecule has 0 aliphatic carbocycles. The van der Waals surface area contributed by atoms with Crippen LogP contribution in [0.1, 0.15) is 56.1 Å². The lowest BCUT2D eigenvalue weighted by Crippen LogP contribution is -2.22. The second kappa shape index (κ2) is 5.81. The van der Waals surface area contributed by atoms with Crippen molar-refractivity contribution >= 4 is 11.0 Å². The Morgan fingerprint density at radius 2 is 2.17 bits per heavy atom. The van der Waals surface area contributed by atoms with Crippen molar-refractivity contribution in [2.45, 2.75) is 45.2 Å². The third-order valence-corrected chi connectivity index (χ3v) is 4.46. The van der Waals surface area contributed by atoms with E-state index in [1.807, 2.05) is 18.2 Å². The van der Waals surface area contributed by atoms with E-state index in [1.165, 1.54) is 0 Å². The van der Waals surface area contributed by atoms with Gasteiger partial charge in [-0.15, -0.1) is 0 Å². The number of hydrogen-bond donors (Lipinski definition) is 0. The first-order valence-electron chi connectivity index (χ1n) is 8.25. The van der Waals surface area contributed by atoms with Gasteiger partial charge in [0.1, 0.15) is 11.3 Å². The van der Waals surface area contributed by atoms with E-state index in [0.29, 0.717) is 0 Å². The van der Waals surface area contributed by atoms with Gasteiger partial charge in [0.2, 0.25) is 5.89 Å². The Hall–Kier alpha value is -2.14. The lowest BCUT2D eigenvalue weighted by molar-refractivity contribution is 0.189. The van der Waals surface area contributed by atoms with E-state index in [1.54, 1.807) is 0 Å². The molecule has 1 atom stereocenters. The summed E-state index contributed by atoms with van der Waals surface area (Å²) in [6, 6.07) is 10.4. The van der Waals surface area contributed by atoms with E-state index < -0.39 is 0 Å². The van der Waals surface area contributed by atoms with E-state index >= 15 is 0 Å². The van der Waals surface area contributed by atoms with Gasteiger partial charge in [0.25, 0.3) is 0 Å². The summed E-state index contributed by atoms with van der Waals surface area (Å²) in [7, 11) is 0. The first-order chi connectivity index (χ1) is 11.2. The van der Waals surface area contributed by atoms with E-state index in [9.17, 15) is 0 Å². The zero-order chi connectivity index (χ0) is 15.8. The second-order valence-corrected chi connectivity index (χ2v) is 6.52. The fraction of sp³-hybridized carbons (Fsp3) is 0.444. The number of hydrogen-bond acceptors (Lipinski definition) is 5. The molecular weight excluding hydrogens is 290 g/mol. The third kappa shape index (κ3) is 2.77. The zero-order valence-corrected chi connectivity index (χ0v) is 13.5. The molecular formula is C18H21N3O2. The van der Waals surface area contributed by atoms with Crippen LogP contribution in [-0.2, 0) is 6.54 Å². The van der Waals surface area contributed by atoms with Crippen molar-refractivity contribution in [1.82, 2.24) is 15.0 Å². The van der Waals surface area contributed by atoms with Gasteiger partial charge in [-0.25, -0.2) is 0 Å². The van der Waals surface area contributed by atoms with Crippen LogP contribution in [0, 0.1) is 0 Å². The van der Waals surface area contributed by atoms with Crippen LogP contribution < -0.4 is 0 Å². The van der Waals surface area contributed by atoms with Crippen LogP contribution in [0.3, 0.4) is 0 Å². The Morgan fingerprint density at radius 1 is 1.30 bits per heavy atom. The van der Waals surface area contributed by atoms with Gasteiger partial charge in [0, 0.05) is 11.3 Å². The minimum absolute atomic E-state index is 0.197. The molecule has 23 heavy (non-hydrogen) atoms. The Bertz CT molecular complexity index is 772. The van der Waals surface area contributed by atoms with E-state index in [-0.39, 0.29) is 12.0 Å². The minimum atomic E-state index is 0.197. The summed E-state index contributed by atoms with van der Waals surface area (Å²) in [5, 5.41) is 5.25. The second-order valence-electron chi connectivity index (χ2n) is 6.52. The van der Waals surface area contributed by atoms with Crippen molar-refractivity contribution in [1.29, 1.82) is 0 Å². The Labute approximate surface area is 135 Å². The molecule has 120 valence electrons. The number of rotatable bonds is 4. The first kappa shape index (κ1) is 14.5. The number of furan rings is 1. The minimum Gasteiger partial charge on any atom is -0.460 e. The Kier molecular flexibility index (Phi) is 3.65. The topological polar surface area (TPSA) is 55.3 Å². The van der Waals surface area contributed by atoms with Gasteiger partial charge >= 0.3 is 0 Å². The van der Waals surface area contributed by atoms with Gasteiger partial charge < -0.3 is 8.94 Å². The van der Waals surface area contributed by atoms with Gasteiger partial charge in [0.05, 0.1) is 12.6 Å². The Morgan fingerprint density at radius 3 is 2.96 bits per heavy atom. The highest BCUT2D eigenvalue weighted by Gasteiger charge is 2.31. The van der Waals surface area contributed by atoms with Crippen molar-refractivity contribution in [3.05, 3.63) is 47.8 Å². The van der Waals surface area contributed by atoms with Gasteiger partial charge in [-0.1, -0.05) is 37.2 Å². The van der Waals surface area contributed by atoms with Crippen molar-refractivity contribution < 1.29 is 8.94 Å². The predicted octanol–water partition coefficient (Wildman–Crippen LogP) is 4.28. The molecule has 3 aromatic rings. The molecule has 1 fully saturated rings. The summed E-state index contributed by atoms with van der Waals surface area (Å²) in [4.78, 5) is 6.95. The van der Waals surface area contributed by atoms with Crippen LogP contribution in [0.2, 0.25) is 0 Å². The molecule has 0 saturated carbocycles. The summed E-state index contributed by atoms with van der Waals surface area (Å²) >= 11 is 0. The maximum absolute atomic E-state index is 5.95. The van der Waals surface area contributed by atoms with Crippen molar-refractivity contribution in [3.8, 4) is 0 Å². The molecule has 0 amide bonds. The molecule has 2 aromatic heterocycles. The largest absolute Gasteiger partial charge is 0.460 e. The standard InChI is InChI=1S/C18H21N3O2/c1-12(2)17-19-18(23-20-17)15-7-5-9-21(15)11-14-10-13-6-3-4-8-16(13)22-14/h3-4,6,8,10,12,15H,5,7,9,11H2,1-2H3/t15-/m1/s1. The van der Waals surface area contributed by atoms with E-state index in [2.05, 4.69) is 41.0 Å². The van der Waals surface area contributed by atoms with Crippen molar-refractivity contribution in [3.63, 3.8) is 0 Å². The van der Waals surface area contributed by atoms with Crippen molar-refractivity contribution in [2.24, 2.45) is 0 Å². The number of likely N-dealkylation sites (tertiary alicyclic amines) is 1. The molecule has 0 unspecified atom stereocenters. The monoisotopic (exact) mass is 311 g/mol. The number of para-hydroxylation sites is 1. The summed E-state index contributed by atoms with van der Waals surface area (Å²) in [6.07, 6.45) is 2.20. The highest BCUT2D eigenvalue weighted by atomic mass is 16.5. The number of fused-ring (bicyclic) bond motifs is 1. The molecule has 3 heterocycles. The average Bonchev–Trinajstić information content (AvgIpc) is 3.25. The first-order valence-corrected chi connectivity index (χ1v) is 8.25. The molecule has 1 aliphatic heterocycles. The third-order valence-electron chi connectivity index (χ3n) is 4.46. The highest BCUT2D eigenvalue weighted by Crippen LogP contribution is 2.33. The molecule has 4 rings (SSSR count). The number of nitrogens with zero attached hydrogens (tertiary/aromatic N) is 3. The van der Waals surface area contributed by atoms with E-state index in [4.69, 9.17) is 8.94 Å². The summed E-state index contributed by atoms with van der Waals surface area (Å²) in [5.74, 6) is 2.80. The molecule has 0 bridgehead atoms. The molecule has 5 heteroatoms. The van der Waals surface area contributed by atoms with Crippen LogP contribution >= 0.6 is 0 Å². The molecule has 0 radical (unpaired) electrons. The van der Waals surface area contributed by atoms with Gasteiger partial charge in [-0.05, 0) is 31.5 Å². The maximum atomic E-state index is 5.95. The SMILES string of the molecule is CC(C)c1noc([C@H]2CCCN2Cc2cc3ccccc3o2)n1. The number of benzene rings is 1. The fourth-order valence-corrected chi connectivity index (χ4v) is 3.23. The number of aromatic nitrogens is 2. The van der Waals surface area contributed by atoms with Gasteiger partial charge in [-0.2, -0.15) is 4.98 Å². The van der Waals surface area contributed by atoms with Crippen LogP contribution in [0.5, 0.6) is 0 Å². The molecule has 1 aromatic carbocycles. The summed E-state index contributed by atoms with van der Waals surface area (Å²) in [5.41, 5.74) is 0.943. The lowest BCUT2D eigenvalue weighted by atomic mass is 10.2. The maximum Gasteiger partial charge on any atom is 0.244 e. The summed E-state index contributed by atoms with van der Waals surface area (Å²) < 4.78 is 11.5. The van der Waals surface area contributed by atoms with Gasteiger partial charge in [0.15, 0.2) is 5.82 Å². The molecule has 5 nitrogen and oxygen atoms in total. The van der Waals surface area contributed by atoms with Crippen LogP contribution in [0.25, 0.3) is 11.0 Å². The van der Waals surface area contributed by atoms with Crippen molar-refractivity contribution in [2.75, 3.05) is 6.54 Å². The molecule has 0 spiro atoms. The molecule has 1 saturated heterocycles. The fourth-order valence-electron chi connectivity index (χ4n) is 3.23. The average molecular weight is 311 g/mol. The molecule has 1 aliphatic rings. The zero-order valence-electron chi connectivity index (χ0n) is 13.5. The Balaban J connectivity index is 1.55. The van der Waals surface area contributed by atoms with Crippen LogP contribution in [-0.4, -0.2) is 21.6 Å². The molecule has 0 N–H and O–H groups in total. The van der Waals surface area contributed by atoms with Crippen LogP contribution in [0.15, 0.2) is 39.3 Å². The summed E-state index contributed by atoms with van der Waals surface area (Å²) in [6.45, 7) is 5.96. The van der Waals surface area contributed by atoms with E-state index in [0.717, 1.165) is 54.4 Å². The lowest BCUT2D eigenvalue weighted by Gasteiger charge is -2.19. The predicted molar refractivity (Wildman–Crippen MR) is 87.0 cm³/mol. The van der Waals surface area contributed by atoms with Gasteiger partial charge in [-0.3, -0.25) is 4.90 Å². The quantitative estimate of drug-likeness (QED) is 0.720. The van der Waals surface area contributed by atoms with Crippen LogP contribution in [0.4, 0.5) is 0 Å². The smallest absolute Gasteiger partial charge is 0.244 e. The highest BCUT2D eigenvalue weighted by molar-refractivity contribution is 5.77.